The quantitative estimate of drug-likeness (QED) is 0.894. The van der Waals surface area contributed by atoms with Crippen molar-refractivity contribution in [3.63, 3.8) is 0 Å². The van der Waals surface area contributed by atoms with Crippen LogP contribution in [0.3, 0.4) is 0 Å². The van der Waals surface area contributed by atoms with Crippen LogP contribution in [0.1, 0.15) is 25.0 Å². The fourth-order valence-electron chi connectivity index (χ4n) is 1.97. The van der Waals surface area contributed by atoms with Gasteiger partial charge in [-0.25, -0.2) is 4.39 Å². The van der Waals surface area contributed by atoms with Gasteiger partial charge in [0.1, 0.15) is 0 Å². The molecular formula is C17H17FN2O. The van der Waals surface area contributed by atoms with Crippen molar-refractivity contribution in [3.8, 4) is 11.8 Å². The van der Waals surface area contributed by atoms with Crippen LogP contribution in [0.15, 0.2) is 42.5 Å². The molecule has 0 aliphatic carbocycles. The van der Waals surface area contributed by atoms with Crippen molar-refractivity contribution in [3.05, 3.63) is 59.4 Å². The van der Waals surface area contributed by atoms with E-state index in [9.17, 15) is 9.50 Å². The van der Waals surface area contributed by atoms with Crippen LogP contribution in [0.2, 0.25) is 0 Å². The number of benzene rings is 2. The average molecular weight is 284 g/mol. The maximum Gasteiger partial charge on any atom is 0.165 e. The molecule has 0 spiro atoms. The van der Waals surface area contributed by atoms with Crippen molar-refractivity contribution in [2.24, 2.45) is 0 Å². The molecule has 0 aliphatic rings. The van der Waals surface area contributed by atoms with Gasteiger partial charge in [-0.1, -0.05) is 24.3 Å². The second kappa shape index (κ2) is 5.84. The van der Waals surface area contributed by atoms with Gasteiger partial charge in [0, 0.05) is 17.8 Å². The number of anilines is 1. The van der Waals surface area contributed by atoms with Crippen molar-refractivity contribution >= 4 is 5.69 Å². The fourth-order valence-corrected chi connectivity index (χ4v) is 1.97. The van der Waals surface area contributed by atoms with Crippen molar-refractivity contribution in [1.82, 2.24) is 0 Å². The van der Waals surface area contributed by atoms with Gasteiger partial charge in [-0.2, -0.15) is 5.26 Å². The Labute approximate surface area is 123 Å². The molecule has 0 heterocycles. The Morgan fingerprint density at radius 2 is 1.86 bits per heavy atom. The molecule has 4 heteroatoms. The molecule has 21 heavy (non-hydrogen) atoms. The minimum absolute atomic E-state index is 0.324. The zero-order valence-electron chi connectivity index (χ0n) is 12.0. The molecule has 0 bridgehead atoms. The van der Waals surface area contributed by atoms with E-state index in [-0.39, 0.29) is 5.75 Å². The number of hydrogen-bond acceptors (Lipinski definition) is 3. The summed E-state index contributed by atoms with van der Waals surface area (Å²) in [6.07, 6.45) is 0. The number of phenols is 1. The maximum absolute atomic E-state index is 13.2. The van der Waals surface area contributed by atoms with Gasteiger partial charge in [-0.3, -0.25) is 0 Å². The Hall–Kier alpha value is -2.54. The van der Waals surface area contributed by atoms with Crippen LogP contribution in [0.25, 0.3) is 0 Å². The summed E-state index contributed by atoms with van der Waals surface area (Å²) in [5.41, 5.74) is 1.75. The van der Waals surface area contributed by atoms with E-state index in [1.54, 1.807) is 12.1 Å². The van der Waals surface area contributed by atoms with E-state index in [1.165, 1.54) is 6.07 Å². The Balaban J connectivity index is 2.08. The molecule has 0 saturated heterocycles. The Morgan fingerprint density at radius 3 is 2.48 bits per heavy atom. The smallest absolute Gasteiger partial charge is 0.165 e. The summed E-state index contributed by atoms with van der Waals surface area (Å²) in [6.45, 7) is 4.05. The monoisotopic (exact) mass is 284 g/mol. The predicted molar refractivity (Wildman–Crippen MR) is 80.5 cm³/mol. The summed E-state index contributed by atoms with van der Waals surface area (Å²) in [7, 11) is 0. The summed E-state index contributed by atoms with van der Waals surface area (Å²) in [6, 6.07) is 14.2. The topological polar surface area (TPSA) is 56.0 Å². The number of hydrogen-bond donors (Lipinski definition) is 2. The van der Waals surface area contributed by atoms with Gasteiger partial charge in [0.15, 0.2) is 11.6 Å². The second-order valence-corrected chi connectivity index (χ2v) is 5.42. The first-order chi connectivity index (χ1) is 9.94. The number of halogens is 1. The van der Waals surface area contributed by atoms with E-state index in [1.807, 2.05) is 38.1 Å². The number of nitriles is 1. The SMILES string of the molecule is CC(C)(C#N)c1ccc(NCc2cccc(F)c2O)cc1. The number of nitrogens with one attached hydrogen (secondary N) is 1. The standard InChI is InChI=1S/C17H17FN2O/c1-17(2,11-19)13-6-8-14(9-7-13)20-10-12-4-3-5-15(18)16(12)21/h3-9,20-21H,10H2,1-2H3. The van der Waals surface area contributed by atoms with Crippen LogP contribution in [0.4, 0.5) is 10.1 Å². The highest BCUT2D eigenvalue weighted by atomic mass is 19.1. The van der Waals surface area contributed by atoms with Gasteiger partial charge in [0.25, 0.3) is 0 Å². The van der Waals surface area contributed by atoms with Crippen LogP contribution in [-0.2, 0) is 12.0 Å². The molecule has 3 nitrogen and oxygen atoms in total. The number of aromatic hydroxyl groups is 1. The van der Waals surface area contributed by atoms with Gasteiger partial charge in [0.05, 0.1) is 11.5 Å². The molecule has 2 aromatic carbocycles. The van der Waals surface area contributed by atoms with E-state index in [4.69, 9.17) is 5.26 Å². The zero-order chi connectivity index (χ0) is 15.5. The van der Waals surface area contributed by atoms with Crippen LogP contribution in [0, 0.1) is 17.1 Å². The lowest BCUT2D eigenvalue weighted by molar-refractivity contribution is 0.427. The molecule has 2 N–H and O–H groups in total. The van der Waals surface area contributed by atoms with E-state index in [0.717, 1.165) is 11.3 Å². The summed E-state index contributed by atoms with van der Waals surface area (Å²) in [4.78, 5) is 0. The first-order valence-corrected chi connectivity index (χ1v) is 6.66. The number of para-hydroxylation sites is 1. The lowest BCUT2D eigenvalue weighted by atomic mass is 9.86. The molecule has 2 aromatic rings. The highest BCUT2D eigenvalue weighted by Crippen LogP contribution is 2.25. The van der Waals surface area contributed by atoms with Crippen LogP contribution >= 0.6 is 0 Å². The first-order valence-electron chi connectivity index (χ1n) is 6.66. The summed E-state index contributed by atoms with van der Waals surface area (Å²) < 4.78 is 13.2. The van der Waals surface area contributed by atoms with Gasteiger partial charge in [-0.05, 0) is 37.6 Å². The van der Waals surface area contributed by atoms with E-state index in [0.29, 0.717) is 12.1 Å². The molecule has 0 atom stereocenters. The van der Waals surface area contributed by atoms with Gasteiger partial charge < -0.3 is 10.4 Å². The third-order valence-corrected chi connectivity index (χ3v) is 3.44. The number of rotatable bonds is 4. The molecule has 0 fully saturated rings. The minimum atomic E-state index is -0.625. The molecule has 0 aliphatic heterocycles. The van der Waals surface area contributed by atoms with Crippen molar-refractivity contribution in [2.45, 2.75) is 25.8 Å². The highest BCUT2D eigenvalue weighted by molar-refractivity contribution is 5.48. The Bertz CT molecular complexity index is 672. The lowest BCUT2D eigenvalue weighted by Crippen LogP contribution is -2.13. The highest BCUT2D eigenvalue weighted by Gasteiger charge is 2.19. The largest absolute Gasteiger partial charge is 0.505 e. The second-order valence-electron chi connectivity index (χ2n) is 5.42. The molecule has 2 rings (SSSR count). The van der Waals surface area contributed by atoms with E-state index < -0.39 is 11.2 Å². The van der Waals surface area contributed by atoms with Crippen molar-refractivity contribution in [2.75, 3.05) is 5.32 Å². The zero-order valence-corrected chi connectivity index (χ0v) is 12.0. The maximum atomic E-state index is 13.2. The third-order valence-electron chi connectivity index (χ3n) is 3.44. The molecule has 0 amide bonds. The summed E-state index contributed by atoms with van der Waals surface area (Å²) in [5, 5.41) is 21.8. The minimum Gasteiger partial charge on any atom is -0.505 e. The first kappa shape index (κ1) is 14.9. The van der Waals surface area contributed by atoms with Crippen LogP contribution < -0.4 is 5.32 Å². The lowest BCUT2D eigenvalue weighted by Gasteiger charge is -2.16. The molecule has 0 saturated carbocycles. The number of nitrogens with zero attached hydrogens (tertiary/aromatic N) is 1. The molecule has 0 aromatic heterocycles. The molecular weight excluding hydrogens is 267 g/mol. The number of phenolic OH excluding ortho intramolecular Hbond substituents is 1. The fraction of sp³-hybridized carbons (Fsp3) is 0.235. The summed E-state index contributed by atoms with van der Waals surface area (Å²) >= 11 is 0. The molecule has 108 valence electrons. The van der Waals surface area contributed by atoms with Crippen LogP contribution in [0.5, 0.6) is 5.75 Å². The predicted octanol–water partition coefficient (Wildman–Crippen LogP) is 3.94. The Kier molecular flexibility index (Phi) is 4.13. The van der Waals surface area contributed by atoms with E-state index in [2.05, 4.69) is 11.4 Å². The summed E-state index contributed by atoms with van der Waals surface area (Å²) in [5.74, 6) is -0.951. The van der Waals surface area contributed by atoms with Crippen LogP contribution in [-0.4, -0.2) is 5.11 Å². The molecule has 0 unspecified atom stereocenters. The van der Waals surface area contributed by atoms with Gasteiger partial charge in [0.2, 0.25) is 0 Å². The third kappa shape index (κ3) is 3.32. The Morgan fingerprint density at radius 1 is 1.19 bits per heavy atom. The van der Waals surface area contributed by atoms with Crippen molar-refractivity contribution < 1.29 is 9.50 Å². The average Bonchev–Trinajstić information content (AvgIpc) is 2.49. The molecule has 0 radical (unpaired) electrons. The van der Waals surface area contributed by atoms with Gasteiger partial charge >= 0.3 is 0 Å². The van der Waals surface area contributed by atoms with E-state index >= 15 is 0 Å². The van der Waals surface area contributed by atoms with Gasteiger partial charge in [-0.15, -0.1) is 0 Å². The normalized spacial score (nSPS) is 11.0. The van der Waals surface area contributed by atoms with Crippen molar-refractivity contribution in [1.29, 1.82) is 5.26 Å².